The lowest BCUT2D eigenvalue weighted by Crippen LogP contribution is -2.43. The summed E-state index contributed by atoms with van der Waals surface area (Å²) in [5, 5.41) is 3.95. The van der Waals surface area contributed by atoms with Gasteiger partial charge < -0.3 is 19.7 Å². The van der Waals surface area contributed by atoms with Gasteiger partial charge in [-0.2, -0.15) is 0 Å². The molecule has 2 aliphatic heterocycles. The molecule has 3 heterocycles. The molecule has 0 unspecified atom stereocenters. The highest BCUT2D eigenvalue weighted by Crippen LogP contribution is 2.35. The third-order valence-corrected chi connectivity index (χ3v) is 6.82. The van der Waals surface area contributed by atoms with Crippen molar-refractivity contribution in [2.24, 2.45) is 5.92 Å². The number of aryl methyl sites for hydroxylation is 1. The maximum atomic E-state index is 13.0. The molecule has 0 spiro atoms. The Hall–Kier alpha value is -3.26. The van der Waals surface area contributed by atoms with Crippen LogP contribution in [0, 0.1) is 12.8 Å². The molecule has 33 heavy (non-hydrogen) atoms. The molecule has 2 aromatic carbocycles. The second-order valence-electron chi connectivity index (χ2n) is 8.29. The lowest BCUT2D eigenvalue weighted by atomic mass is 9.97. The Morgan fingerprint density at radius 1 is 1.15 bits per heavy atom. The summed E-state index contributed by atoms with van der Waals surface area (Å²) in [5.41, 5.74) is 2.20. The Morgan fingerprint density at radius 3 is 2.94 bits per heavy atom. The molecule has 3 aromatic rings. The molecule has 1 saturated heterocycles. The predicted molar refractivity (Wildman–Crippen MR) is 127 cm³/mol. The number of amides is 1. The van der Waals surface area contributed by atoms with Crippen LogP contribution in [0.1, 0.15) is 24.0 Å². The van der Waals surface area contributed by atoms with E-state index in [1.807, 2.05) is 18.2 Å². The molecule has 1 fully saturated rings. The zero-order valence-electron chi connectivity index (χ0n) is 18.5. The molecular weight excluding hydrogens is 436 g/mol. The first kappa shape index (κ1) is 21.6. The van der Waals surface area contributed by atoms with Crippen molar-refractivity contribution in [2.75, 3.05) is 24.8 Å². The van der Waals surface area contributed by atoms with Crippen LogP contribution in [0.3, 0.4) is 0 Å². The summed E-state index contributed by atoms with van der Waals surface area (Å²) in [6, 6.07) is 14.1. The van der Waals surface area contributed by atoms with Crippen LogP contribution in [0.5, 0.6) is 11.5 Å². The van der Waals surface area contributed by atoms with Crippen molar-refractivity contribution >= 4 is 23.5 Å². The number of hydrogen-bond acceptors (Lipinski definition) is 7. The Labute approximate surface area is 197 Å². The Morgan fingerprint density at radius 2 is 2.03 bits per heavy atom. The fourth-order valence-corrected chi connectivity index (χ4v) is 5.17. The largest absolute Gasteiger partial charge is 0.454 e. The van der Waals surface area contributed by atoms with Gasteiger partial charge >= 0.3 is 0 Å². The van der Waals surface area contributed by atoms with Crippen LogP contribution >= 0.6 is 11.8 Å². The molecule has 170 valence electrons. The number of anilines is 1. The minimum absolute atomic E-state index is 0.0640. The number of nitrogens with zero attached hydrogens (tertiary/aromatic N) is 3. The molecule has 8 heteroatoms. The molecule has 7 nitrogen and oxygen atoms in total. The second kappa shape index (κ2) is 9.70. The molecule has 2 aliphatic rings. The quantitative estimate of drug-likeness (QED) is 0.588. The van der Waals surface area contributed by atoms with Crippen LogP contribution in [-0.4, -0.2) is 35.8 Å². The van der Waals surface area contributed by atoms with E-state index in [9.17, 15) is 4.79 Å². The highest BCUT2D eigenvalue weighted by molar-refractivity contribution is 7.99. The normalized spacial score (nSPS) is 17.1. The van der Waals surface area contributed by atoms with E-state index in [4.69, 9.17) is 9.47 Å². The first-order valence-corrected chi connectivity index (χ1v) is 11.9. The molecule has 1 amide bonds. The summed E-state index contributed by atoms with van der Waals surface area (Å²) in [5.74, 6) is 2.29. The van der Waals surface area contributed by atoms with E-state index in [2.05, 4.69) is 51.4 Å². The number of aromatic nitrogens is 2. The monoisotopic (exact) mass is 462 g/mol. The van der Waals surface area contributed by atoms with Crippen LogP contribution in [0.15, 0.2) is 64.8 Å². The van der Waals surface area contributed by atoms with Crippen molar-refractivity contribution < 1.29 is 14.3 Å². The fraction of sp³-hybridized carbons (Fsp3) is 0.320. The third kappa shape index (κ3) is 5.06. The van der Waals surface area contributed by atoms with Crippen molar-refractivity contribution in [2.45, 2.75) is 36.2 Å². The van der Waals surface area contributed by atoms with Gasteiger partial charge in [0.2, 0.25) is 12.7 Å². The van der Waals surface area contributed by atoms with Crippen molar-refractivity contribution in [3.05, 3.63) is 66.0 Å². The highest BCUT2D eigenvalue weighted by Gasteiger charge is 2.28. The summed E-state index contributed by atoms with van der Waals surface area (Å²) in [4.78, 5) is 25.5. The van der Waals surface area contributed by atoms with E-state index in [0.717, 1.165) is 52.2 Å². The van der Waals surface area contributed by atoms with Crippen molar-refractivity contribution in [3.63, 3.8) is 0 Å². The number of carbonyl (C=O) groups is 1. The number of hydrogen-bond donors (Lipinski definition) is 1. The fourth-order valence-electron chi connectivity index (χ4n) is 4.17. The lowest BCUT2D eigenvalue weighted by Gasteiger charge is -2.33. The first-order chi connectivity index (χ1) is 16.2. The van der Waals surface area contributed by atoms with Crippen LogP contribution < -0.4 is 19.7 Å². The number of piperidine rings is 1. The summed E-state index contributed by atoms with van der Waals surface area (Å²) < 4.78 is 10.8. The minimum atomic E-state index is -0.0911. The van der Waals surface area contributed by atoms with Gasteiger partial charge in [0, 0.05) is 36.9 Å². The minimum Gasteiger partial charge on any atom is -0.454 e. The lowest BCUT2D eigenvalue weighted by molar-refractivity contribution is -0.125. The van der Waals surface area contributed by atoms with Gasteiger partial charge in [0.15, 0.2) is 17.3 Å². The van der Waals surface area contributed by atoms with Crippen LogP contribution in [0.25, 0.3) is 0 Å². The molecule has 1 N–H and O–H groups in total. The molecule has 0 saturated carbocycles. The molecular formula is C25H26N4O3S. The summed E-state index contributed by atoms with van der Waals surface area (Å²) in [6.07, 6.45) is 5.25. The number of benzene rings is 2. The average molecular weight is 463 g/mol. The van der Waals surface area contributed by atoms with Crippen molar-refractivity contribution in [1.82, 2.24) is 15.3 Å². The summed E-state index contributed by atoms with van der Waals surface area (Å²) in [7, 11) is 0. The average Bonchev–Trinajstić information content (AvgIpc) is 3.31. The van der Waals surface area contributed by atoms with Gasteiger partial charge in [0.05, 0.1) is 5.92 Å². The topological polar surface area (TPSA) is 76.6 Å². The van der Waals surface area contributed by atoms with E-state index < -0.39 is 0 Å². The number of carbonyl (C=O) groups excluding carboxylic acids is 1. The predicted octanol–water partition coefficient (Wildman–Crippen LogP) is 4.20. The SMILES string of the molecule is Cc1cccc(Sc2nccnc2N2CCC[C@H](C(=O)NCc3ccc4c(c3)OCO4)C2)c1. The number of fused-ring (bicyclic) bond motifs is 1. The molecule has 0 bridgehead atoms. The van der Waals surface area contributed by atoms with E-state index in [-0.39, 0.29) is 18.6 Å². The standard InChI is InChI=1S/C25H26N4O3S/c1-17-4-2-6-20(12-17)33-25-23(26-9-10-27-25)29-11-3-5-19(15-29)24(30)28-14-18-7-8-21-22(13-18)32-16-31-21/h2,4,6-10,12-13,19H,3,5,11,14-16H2,1H3,(H,28,30)/t19-/m0/s1. The van der Waals surface area contributed by atoms with Gasteiger partial charge in [0.1, 0.15) is 5.03 Å². The van der Waals surface area contributed by atoms with Gasteiger partial charge in [0.25, 0.3) is 0 Å². The van der Waals surface area contributed by atoms with E-state index in [0.29, 0.717) is 13.1 Å². The Kier molecular flexibility index (Phi) is 6.35. The zero-order valence-corrected chi connectivity index (χ0v) is 19.3. The summed E-state index contributed by atoms with van der Waals surface area (Å²) in [6.45, 7) is 4.29. The third-order valence-electron chi connectivity index (χ3n) is 5.85. The molecule has 1 atom stereocenters. The van der Waals surface area contributed by atoms with E-state index in [1.165, 1.54) is 5.56 Å². The smallest absolute Gasteiger partial charge is 0.231 e. The van der Waals surface area contributed by atoms with E-state index >= 15 is 0 Å². The van der Waals surface area contributed by atoms with Crippen LogP contribution in [0.2, 0.25) is 0 Å². The van der Waals surface area contributed by atoms with Crippen LogP contribution in [-0.2, 0) is 11.3 Å². The first-order valence-electron chi connectivity index (χ1n) is 11.1. The maximum absolute atomic E-state index is 13.0. The van der Waals surface area contributed by atoms with Gasteiger partial charge in [-0.15, -0.1) is 0 Å². The number of rotatable bonds is 6. The zero-order chi connectivity index (χ0) is 22.6. The van der Waals surface area contributed by atoms with Gasteiger partial charge in [-0.3, -0.25) is 4.79 Å². The second-order valence-corrected chi connectivity index (χ2v) is 9.36. The molecule has 0 radical (unpaired) electrons. The number of ether oxygens (including phenoxy) is 2. The summed E-state index contributed by atoms with van der Waals surface area (Å²) >= 11 is 1.61. The Bertz CT molecular complexity index is 1160. The highest BCUT2D eigenvalue weighted by atomic mass is 32.2. The van der Waals surface area contributed by atoms with Crippen molar-refractivity contribution in [3.8, 4) is 11.5 Å². The van der Waals surface area contributed by atoms with Crippen LogP contribution in [0.4, 0.5) is 5.82 Å². The van der Waals surface area contributed by atoms with Gasteiger partial charge in [-0.1, -0.05) is 35.5 Å². The molecule has 0 aliphatic carbocycles. The Balaban J connectivity index is 1.24. The van der Waals surface area contributed by atoms with Gasteiger partial charge in [-0.25, -0.2) is 9.97 Å². The molecule has 5 rings (SSSR count). The molecule has 1 aromatic heterocycles. The number of nitrogens with one attached hydrogen (secondary N) is 1. The van der Waals surface area contributed by atoms with Crippen molar-refractivity contribution in [1.29, 1.82) is 0 Å². The van der Waals surface area contributed by atoms with Gasteiger partial charge in [-0.05, 0) is 49.6 Å². The maximum Gasteiger partial charge on any atom is 0.231 e. The van der Waals surface area contributed by atoms with E-state index in [1.54, 1.807) is 24.2 Å².